The van der Waals surface area contributed by atoms with Gasteiger partial charge in [0, 0.05) is 18.6 Å². The second kappa shape index (κ2) is 6.34. The number of piperidine rings is 1. The number of hydrogen-bond donors (Lipinski definition) is 1. The van der Waals surface area contributed by atoms with Crippen molar-refractivity contribution in [1.29, 1.82) is 0 Å². The average Bonchev–Trinajstić information content (AvgIpc) is 3.12. The van der Waals surface area contributed by atoms with Gasteiger partial charge in [0.2, 0.25) is 0 Å². The van der Waals surface area contributed by atoms with E-state index in [-0.39, 0.29) is 12.1 Å². The summed E-state index contributed by atoms with van der Waals surface area (Å²) in [6.45, 7) is 2.35. The van der Waals surface area contributed by atoms with E-state index in [1.54, 1.807) is 0 Å². The third kappa shape index (κ3) is 2.71. The molecule has 134 valence electrons. The van der Waals surface area contributed by atoms with E-state index in [0.29, 0.717) is 13.2 Å². The number of nitrogens with zero attached hydrogens (tertiary/aromatic N) is 1. The van der Waals surface area contributed by atoms with E-state index in [1.807, 2.05) is 0 Å². The zero-order chi connectivity index (χ0) is 17.6. The summed E-state index contributed by atoms with van der Waals surface area (Å²) in [4.78, 5) is 2.55. The third-order valence-corrected chi connectivity index (χ3v) is 6.25. The van der Waals surface area contributed by atoms with Gasteiger partial charge in [-0.25, -0.2) is 0 Å². The van der Waals surface area contributed by atoms with Gasteiger partial charge in [-0.1, -0.05) is 60.7 Å². The first kappa shape index (κ1) is 16.2. The standard InChI is InChI=1S/C23H25NO2/c25-23(22-11-5-9-18-8-4-10-21(18)22)12-19-15-26-16-20(13-23)24(19)14-17-6-2-1-3-7-17/h1-9,11,19-20,25H,10,12-16H2. The Morgan fingerprint density at radius 3 is 2.54 bits per heavy atom. The molecule has 2 aromatic rings. The van der Waals surface area contributed by atoms with E-state index in [9.17, 15) is 5.11 Å². The van der Waals surface area contributed by atoms with Crippen LogP contribution >= 0.6 is 0 Å². The van der Waals surface area contributed by atoms with Crippen LogP contribution in [0.25, 0.3) is 6.08 Å². The van der Waals surface area contributed by atoms with Gasteiger partial charge in [0.05, 0.1) is 18.8 Å². The first-order valence-electron chi connectivity index (χ1n) is 9.62. The molecular formula is C23H25NO2. The quantitative estimate of drug-likeness (QED) is 0.922. The van der Waals surface area contributed by atoms with E-state index in [2.05, 4.69) is 65.6 Å². The van der Waals surface area contributed by atoms with Gasteiger partial charge in [0.25, 0.3) is 0 Å². The van der Waals surface area contributed by atoms with Crippen LogP contribution in [0.3, 0.4) is 0 Å². The van der Waals surface area contributed by atoms with Crippen LogP contribution < -0.4 is 0 Å². The SMILES string of the molecule is OC1(c2cccc3c2CC=C3)CC2COCC(C1)N2Cc1ccccc1. The summed E-state index contributed by atoms with van der Waals surface area (Å²) in [6, 6.07) is 17.5. The Labute approximate surface area is 154 Å². The minimum absolute atomic E-state index is 0.262. The number of rotatable bonds is 3. The fraction of sp³-hybridized carbons (Fsp3) is 0.391. The van der Waals surface area contributed by atoms with Gasteiger partial charge in [-0.05, 0) is 41.5 Å². The smallest absolute Gasteiger partial charge is 0.0931 e. The van der Waals surface area contributed by atoms with Gasteiger partial charge in [0.15, 0.2) is 0 Å². The minimum Gasteiger partial charge on any atom is -0.385 e. The highest BCUT2D eigenvalue weighted by Crippen LogP contribution is 2.44. The van der Waals surface area contributed by atoms with Crippen molar-refractivity contribution in [2.45, 2.75) is 43.5 Å². The van der Waals surface area contributed by atoms with Crippen molar-refractivity contribution < 1.29 is 9.84 Å². The molecule has 0 radical (unpaired) electrons. The van der Waals surface area contributed by atoms with Gasteiger partial charge >= 0.3 is 0 Å². The number of benzene rings is 2. The molecule has 3 heteroatoms. The summed E-state index contributed by atoms with van der Waals surface area (Å²) in [6.07, 6.45) is 6.80. The Morgan fingerprint density at radius 1 is 1.00 bits per heavy atom. The van der Waals surface area contributed by atoms with Gasteiger partial charge in [0.1, 0.15) is 0 Å². The van der Waals surface area contributed by atoms with Crippen molar-refractivity contribution in [3.63, 3.8) is 0 Å². The van der Waals surface area contributed by atoms with Crippen molar-refractivity contribution >= 4 is 6.08 Å². The summed E-state index contributed by atoms with van der Waals surface area (Å²) >= 11 is 0. The summed E-state index contributed by atoms with van der Waals surface area (Å²) in [5.74, 6) is 0. The maximum Gasteiger partial charge on any atom is 0.0931 e. The first-order chi connectivity index (χ1) is 12.7. The van der Waals surface area contributed by atoms with Gasteiger partial charge in [-0.2, -0.15) is 0 Å². The lowest BCUT2D eigenvalue weighted by Crippen LogP contribution is -2.60. The lowest BCUT2D eigenvalue weighted by Gasteiger charge is -2.52. The number of hydrogen-bond acceptors (Lipinski definition) is 3. The Kier molecular flexibility index (Phi) is 3.96. The van der Waals surface area contributed by atoms with Crippen LogP contribution in [-0.4, -0.2) is 35.3 Å². The molecule has 1 N–H and O–H groups in total. The molecule has 0 aromatic heterocycles. The van der Waals surface area contributed by atoms with Crippen LogP contribution in [0, 0.1) is 0 Å². The maximum absolute atomic E-state index is 11.7. The van der Waals surface area contributed by atoms with Crippen LogP contribution in [0.15, 0.2) is 54.6 Å². The van der Waals surface area contributed by atoms with Crippen molar-refractivity contribution in [1.82, 2.24) is 4.90 Å². The second-order valence-corrected chi connectivity index (χ2v) is 7.92. The molecule has 5 rings (SSSR count). The van der Waals surface area contributed by atoms with Crippen LogP contribution in [0.1, 0.15) is 35.1 Å². The Bertz CT molecular complexity index is 815. The zero-order valence-electron chi connectivity index (χ0n) is 15.0. The third-order valence-electron chi connectivity index (χ3n) is 6.25. The fourth-order valence-electron chi connectivity index (χ4n) is 5.05. The average molecular weight is 347 g/mol. The number of morpholine rings is 1. The van der Waals surface area contributed by atoms with Crippen molar-refractivity contribution in [3.05, 3.63) is 76.9 Å². The molecule has 2 aromatic carbocycles. The minimum atomic E-state index is -0.746. The number of allylic oxidation sites excluding steroid dienone is 1. The van der Waals surface area contributed by atoms with Gasteiger partial charge < -0.3 is 9.84 Å². The molecule has 3 nitrogen and oxygen atoms in total. The first-order valence-corrected chi connectivity index (χ1v) is 9.62. The molecule has 3 aliphatic rings. The predicted molar refractivity (Wildman–Crippen MR) is 103 cm³/mol. The monoisotopic (exact) mass is 347 g/mol. The van der Waals surface area contributed by atoms with Crippen LogP contribution in [0.2, 0.25) is 0 Å². The molecule has 0 saturated carbocycles. The van der Waals surface area contributed by atoms with Crippen LogP contribution in [0.5, 0.6) is 0 Å². The highest BCUT2D eigenvalue weighted by molar-refractivity contribution is 5.62. The second-order valence-electron chi connectivity index (χ2n) is 7.92. The Hall–Kier alpha value is -1.94. The Balaban J connectivity index is 1.44. The number of fused-ring (bicyclic) bond motifs is 3. The molecule has 2 fully saturated rings. The molecule has 0 amide bonds. The molecule has 2 saturated heterocycles. The van der Waals surface area contributed by atoms with E-state index < -0.39 is 5.60 Å². The molecule has 2 aliphatic heterocycles. The zero-order valence-corrected chi connectivity index (χ0v) is 15.0. The van der Waals surface area contributed by atoms with Gasteiger partial charge in [-0.15, -0.1) is 0 Å². The summed E-state index contributed by atoms with van der Waals surface area (Å²) in [7, 11) is 0. The van der Waals surface area contributed by atoms with E-state index in [1.165, 1.54) is 16.7 Å². The maximum atomic E-state index is 11.7. The van der Waals surface area contributed by atoms with E-state index in [4.69, 9.17) is 4.74 Å². The lowest BCUT2D eigenvalue weighted by molar-refractivity contribution is -0.149. The summed E-state index contributed by atoms with van der Waals surface area (Å²) in [5.41, 5.74) is 4.30. The number of ether oxygens (including phenoxy) is 1. The van der Waals surface area contributed by atoms with Crippen LogP contribution in [-0.2, 0) is 23.3 Å². The highest BCUT2D eigenvalue weighted by Gasteiger charge is 2.47. The summed E-state index contributed by atoms with van der Waals surface area (Å²) in [5, 5.41) is 11.7. The molecule has 26 heavy (non-hydrogen) atoms. The van der Waals surface area contributed by atoms with E-state index in [0.717, 1.165) is 31.4 Å². The van der Waals surface area contributed by atoms with E-state index >= 15 is 0 Å². The highest BCUT2D eigenvalue weighted by atomic mass is 16.5. The molecule has 2 heterocycles. The molecule has 0 spiro atoms. The normalized spacial score (nSPS) is 30.3. The fourth-order valence-corrected chi connectivity index (χ4v) is 5.05. The Morgan fingerprint density at radius 2 is 1.77 bits per heavy atom. The van der Waals surface area contributed by atoms with Crippen molar-refractivity contribution in [2.24, 2.45) is 0 Å². The molecule has 2 atom stereocenters. The molecular weight excluding hydrogens is 322 g/mol. The van der Waals surface area contributed by atoms with Crippen molar-refractivity contribution in [2.75, 3.05) is 13.2 Å². The molecule has 1 aliphatic carbocycles. The van der Waals surface area contributed by atoms with Crippen LogP contribution in [0.4, 0.5) is 0 Å². The van der Waals surface area contributed by atoms with Gasteiger partial charge in [-0.3, -0.25) is 4.90 Å². The van der Waals surface area contributed by atoms with Crippen molar-refractivity contribution in [3.8, 4) is 0 Å². The number of aliphatic hydroxyl groups is 1. The largest absolute Gasteiger partial charge is 0.385 e. The lowest BCUT2D eigenvalue weighted by atomic mass is 9.74. The molecule has 2 unspecified atom stereocenters. The molecule has 2 bridgehead atoms. The topological polar surface area (TPSA) is 32.7 Å². The summed E-state index contributed by atoms with van der Waals surface area (Å²) < 4.78 is 5.86. The predicted octanol–water partition coefficient (Wildman–Crippen LogP) is 3.51.